The highest BCUT2D eigenvalue weighted by Crippen LogP contribution is 2.30. The van der Waals surface area contributed by atoms with Gasteiger partial charge in [-0.2, -0.15) is 0 Å². The second-order valence-corrected chi connectivity index (χ2v) is 4.58. The minimum atomic E-state index is -1.89. The Kier molecular flexibility index (Phi) is 6.43. The standard InChI is InChI=1S/C14H16FNO7/c1-3-23-14(19)12(13(17)18)10(7-16(20)21)9-5-4-8(22-2)6-11(9)15/h4-6,10,12H,3,7H2,1-2H3,(H,17,18). The molecule has 0 spiro atoms. The van der Waals surface area contributed by atoms with Crippen molar-refractivity contribution in [3.63, 3.8) is 0 Å². The monoisotopic (exact) mass is 329 g/mol. The number of hydrogen-bond donors (Lipinski definition) is 1. The minimum absolute atomic E-state index is 0.0983. The predicted octanol–water partition coefficient (Wildman–Crippen LogP) is 1.46. The van der Waals surface area contributed by atoms with E-state index in [4.69, 9.17) is 4.74 Å². The van der Waals surface area contributed by atoms with Gasteiger partial charge in [0, 0.05) is 11.0 Å². The number of halogens is 1. The first-order chi connectivity index (χ1) is 10.8. The molecule has 1 rings (SSSR count). The van der Waals surface area contributed by atoms with Gasteiger partial charge in [0.25, 0.3) is 0 Å². The first kappa shape index (κ1) is 18.3. The van der Waals surface area contributed by atoms with Gasteiger partial charge in [-0.15, -0.1) is 0 Å². The molecule has 126 valence electrons. The lowest BCUT2D eigenvalue weighted by molar-refractivity contribution is -0.484. The van der Waals surface area contributed by atoms with Crippen molar-refractivity contribution in [2.75, 3.05) is 20.3 Å². The number of aliphatic carboxylic acids is 1. The van der Waals surface area contributed by atoms with Crippen LogP contribution >= 0.6 is 0 Å². The molecular weight excluding hydrogens is 313 g/mol. The van der Waals surface area contributed by atoms with Gasteiger partial charge in [-0.05, 0) is 18.6 Å². The van der Waals surface area contributed by atoms with Crippen molar-refractivity contribution in [2.24, 2.45) is 5.92 Å². The summed E-state index contributed by atoms with van der Waals surface area (Å²) < 4.78 is 23.6. The van der Waals surface area contributed by atoms with Gasteiger partial charge in [-0.1, -0.05) is 6.07 Å². The SMILES string of the molecule is CCOC(=O)C(C(=O)O)C(C[N+](=O)[O-])c1ccc(OC)cc1F. The molecule has 0 saturated heterocycles. The smallest absolute Gasteiger partial charge is 0.321 e. The van der Waals surface area contributed by atoms with E-state index in [9.17, 15) is 29.2 Å². The second-order valence-electron chi connectivity index (χ2n) is 4.58. The predicted molar refractivity (Wildman–Crippen MR) is 75.3 cm³/mol. The molecule has 9 heteroatoms. The number of benzene rings is 1. The Labute approximate surface area is 131 Å². The number of hydrogen-bond acceptors (Lipinski definition) is 6. The normalized spacial score (nSPS) is 13.0. The molecule has 2 atom stereocenters. The number of carbonyl (C=O) groups is 2. The number of methoxy groups -OCH3 is 1. The van der Waals surface area contributed by atoms with Crippen molar-refractivity contribution < 1.29 is 33.5 Å². The Hall–Kier alpha value is -2.71. The van der Waals surface area contributed by atoms with Crippen LogP contribution in [0.4, 0.5) is 4.39 Å². The number of carboxylic acid groups (broad SMARTS) is 1. The molecule has 0 aliphatic carbocycles. The summed E-state index contributed by atoms with van der Waals surface area (Å²) in [5.74, 6) is -6.90. The van der Waals surface area contributed by atoms with Gasteiger partial charge in [-0.25, -0.2) is 4.39 Å². The zero-order valence-corrected chi connectivity index (χ0v) is 12.5. The zero-order valence-electron chi connectivity index (χ0n) is 12.5. The van der Waals surface area contributed by atoms with Crippen molar-refractivity contribution in [3.8, 4) is 5.75 Å². The van der Waals surface area contributed by atoms with Gasteiger partial charge in [-0.3, -0.25) is 19.7 Å². The molecule has 0 radical (unpaired) electrons. The fourth-order valence-corrected chi connectivity index (χ4v) is 2.15. The first-order valence-corrected chi connectivity index (χ1v) is 6.66. The third-order valence-corrected chi connectivity index (χ3v) is 3.16. The molecule has 1 N–H and O–H groups in total. The number of carbonyl (C=O) groups excluding carboxylic acids is 1. The average molecular weight is 329 g/mol. The summed E-state index contributed by atoms with van der Waals surface area (Å²) >= 11 is 0. The van der Waals surface area contributed by atoms with Gasteiger partial charge in [0.1, 0.15) is 11.6 Å². The van der Waals surface area contributed by atoms with E-state index in [1.54, 1.807) is 0 Å². The average Bonchev–Trinajstić information content (AvgIpc) is 2.45. The summed E-state index contributed by atoms with van der Waals surface area (Å²) in [5, 5.41) is 20.1. The van der Waals surface area contributed by atoms with Gasteiger partial charge in [0.15, 0.2) is 5.92 Å². The van der Waals surface area contributed by atoms with Crippen LogP contribution in [0.25, 0.3) is 0 Å². The number of rotatable bonds is 8. The van der Waals surface area contributed by atoms with Crippen LogP contribution in [0.3, 0.4) is 0 Å². The zero-order chi connectivity index (χ0) is 17.6. The fourth-order valence-electron chi connectivity index (χ4n) is 2.15. The Morgan fingerprint density at radius 3 is 2.52 bits per heavy atom. The molecule has 1 aromatic rings. The Morgan fingerprint density at radius 2 is 2.09 bits per heavy atom. The maximum Gasteiger partial charge on any atom is 0.321 e. The number of nitrogens with zero attached hydrogens (tertiary/aromatic N) is 1. The van der Waals surface area contributed by atoms with Crippen molar-refractivity contribution in [2.45, 2.75) is 12.8 Å². The number of carboxylic acids is 1. The molecule has 2 unspecified atom stereocenters. The third kappa shape index (κ3) is 4.63. The lowest BCUT2D eigenvalue weighted by atomic mass is 9.85. The molecule has 0 fully saturated rings. The van der Waals surface area contributed by atoms with Gasteiger partial charge < -0.3 is 14.6 Å². The van der Waals surface area contributed by atoms with Gasteiger partial charge in [0.05, 0.1) is 19.6 Å². The molecule has 1 aromatic carbocycles. The largest absolute Gasteiger partial charge is 0.497 e. The molecule has 0 saturated carbocycles. The fraction of sp³-hybridized carbons (Fsp3) is 0.429. The van der Waals surface area contributed by atoms with Crippen LogP contribution in [0, 0.1) is 21.8 Å². The number of esters is 1. The van der Waals surface area contributed by atoms with E-state index in [0.717, 1.165) is 12.1 Å². The topological polar surface area (TPSA) is 116 Å². The minimum Gasteiger partial charge on any atom is -0.497 e. The van der Waals surface area contributed by atoms with Crippen LogP contribution in [0.1, 0.15) is 18.4 Å². The van der Waals surface area contributed by atoms with Gasteiger partial charge >= 0.3 is 11.9 Å². The van der Waals surface area contributed by atoms with E-state index in [1.165, 1.54) is 20.1 Å². The highest BCUT2D eigenvalue weighted by Gasteiger charge is 2.41. The lowest BCUT2D eigenvalue weighted by Crippen LogP contribution is -2.35. The molecule has 0 heterocycles. The third-order valence-electron chi connectivity index (χ3n) is 3.16. The molecule has 0 aliphatic rings. The van der Waals surface area contributed by atoms with E-state index in [2.05, 4.69) is 4.74 Å². The Morgan fingerprint density at radius 1 is 1.43 bits per heavy atom. The van der Waals surface area contributed by atoms with E-state index in [-0.39, 0.29) is 17.9 Å². The van der Waals surface area contributed by atoms with Gasteiger partial charge in [0.2, 0.25) is 6.54 Å². The summed E-state index contributed by atoms with van der Waals surface area (Å²) in [4.78, 5) is 33.3. The molecule has 0 aromatic heterocycles. The maximum absolute atomic E-state index is 14.2. The van der Waals surface area contributed by atoms with Crippen molar-refractivity contribution in [1.82, 2.24) is 0 Å². The van der Waals surface area contributed by atoms with Crippen LogP contribution in [0.2, 0.25) is 0 Å². The van der Waals surface area contributed by atoms with Crippen LogP contribution in [0.15, 0.2) is 18.2 Å². The molecule has 8 nitrogen and oxygen atoms in total. The maximum atomic E-state index is 14.2. The lowest BCUT2D eigenvalue weighted by Gasteiger charge is -2.20. The molecule has 0 amide bonds. The van der Waals surface area contributed by atoms with E-state index < -0.39 is 41.1 Å². The second kappa shape index (κ2) is 8.06. The molecule has 0 aliphatic heterocycles. The Bertz CT molecular complexity index is 605. The summed E-state index contributed by atoms with van der Waals surface area (Å²) in [6.45, 7) is 0.436. The van der Waals surface area contributed by atoms with Crippen molar-refractivity contribution >= 4 is 11.9 Å². The van der Waals surface area contributed by atoms with Crippen LogP contribution in [-0.4, -0.2) is 42.2 Å². The summed E-state index contributed by atoms with van der Waals surface area (Å²) in [6, 6.07) is 3.46. The molecular formula is C14H16FNO7. The van der Waals surface area contributed by atoms with E-state index >= 15 is 0 Å². The van der Waals surface area contributed by atoms with Crippen LogP contribution in [-0.2, 0) is 14.3 Å². The highest BCUT2D eigenvalue weighted by atomic mass is 19.1. The number of nitro groups is 1. The van der Waals surface area contributed by atoms with E-state index in [0.29, 0.717) is 0 Å². The quantitative estimate of drug-likeness (QED) is 0.332. The first-order valence-electron chi connectivity index (χ1n) is 6.66. The highest BCUT2D eigenvalue weighted by molar-refractivity contribution is 5.95. The van der Waals surface area contributed by atoms with Crippen molar-refractivity contribution in [3.05, 3.63) is 39.7 Å². The van der Waals surface area contributed by atoms with E-state index in [1.807, 2.05) is 0 Å². The van der Waals surface area contributed by atoms with Crippen LogP contribution in [0.5, 0.6) is 5.75 Å². The Balaban J connectivity index is 3.33. The summed E-state index contributed by atoms with van der Waals surface area (Å²) in [6.07, 6.45) is 0. The van der Waals surface area contributed by atoms with Crippen LogP contribution < -0.4 is 4.74 Å². The summed E-state index contributed by atoms with van der Waals surface area (Å²) in [5.41, 5.74) is -0.261. The van der Waals surface area contributed by atoms with Crippen molar-refractivity contribution in [1.29, 1.82) is 0 Å². The molecule has 0 bridgehead atoms. The number of ether oxygens (including phenoxy) is 2. The summed E-state index contributed by atoms with van der Waals surface area (Å²) in [7, 11) is 1.31. The molecule has 23 heavy (non-hydrogen) atoms.